The van der Waals surface area contributed by atoms with Crippen molar-refractivity contribution in [3.63, 3.8) is 0 Å². The summed E-state index contributed by atoms with van der Waals surface area (Å²) >= 11 is 0. The predicted octanol–water partition coefficient (Wildman–Crippen LogP) is 1.52. The lowest BCUT2D eigenvalue weighted by Gasteiger charge is -2.34. The molecular weight excluding hydrogens is 276 g/mol. The average Bonchev–Trinajstić information content (AvgIpc) is 2.55. The Hall–Kier alpha value is -2.14. The summed E-state index contributed by atoms with van der Waals surface area (Å²) in [6.07, 6.45) is 0.368. The molecule has 3 rings (SSSR count). The van der Waals surface area contributed by atoms with Crippen LogP contribution in [0.5, 0.6) is 0 Å². The van der Waals surface area contributed by atoms with Gasteiger partial charge in [0.25, 0.3) is 0 Å². The molecule has 116 valence electrons. The Labute approximate surface area is 130 Å². The minimum absolute atomic E-state index is 0.165. The molecule has 1 fully saturated rings. The summed E-state index contributed by atoms with van der Waals surface area (Å²) in [5.41, 5.74) is 8.20. The van der Waals surface area contributed by atoms with Crippen molar-refractivity contribution >= 4 is 22.5 Å². The molecule has 2 N–H and O–H groups in total. The Morgan fingerprint density at radius 2 is 1.95 bits per heavy atom. The van der Waals surface area contributed by atoms with Crippen molar-refractivity contribution in [2.24, 2.45) is 0 Å². The van der Waals surface area contributed by atoms with Crippen LogP contribution in [0.1, 0.15) is 12.6 Å². The van der Waals surface area contributed by atoms with Gasteiger partial charge in [-0.05, 0) is 30.8 Å². The van der Waals surface area contributed by atoms with Gasteiger partial charge in [0.1, 0.15) is 0 Å². The number of carbonyl (C=O) groups is 1. The van der Waals surface area contributed by atoms with Gasteiger partial charge < -0.3 is 15.5 Å². The summed E-state index contributed by atoms with van der Waals surface area (Å²) in [4.78, 5) is 21.3. The van der Waals surface area contributed by atoms with Crippen LogP contribution in [-0.4, -0.2) is 53.4 Å². The number of benzene rings is 1. The lowest BCUT2D eigenvalue weighted by molar-refractivity contribution is -0.132. The molecule has 0 radical (unpaired) electrons. The summed E-state index contributed by atoms with van der Waals surface area (Å²) in [7, 11) is 0. The molecule has 2 heterocycles. The summed E-state index contributed by atoms with van der Waals surface area (Å²) in [6.45, 7) is 6.77. The summed E-state index contributed by atoms with van der Waals surface area (Å²) in [5, 5.41) is 1.01. The molecule has 0 aliphatic carbocycles. The van der Waals surface area contributed by atoms with E-state index in [2.05, 4.69) is 16.8 Å². The van der Waals surface area contributed by atoms with Crippen LogP contribution in [0.4, 0.5) is 5.69 Å². The van der Waals surface area contributed by atoms with E-state index in [4.69, 9.17) is 5.73 Å². The molecule has 1 amide bonds. The van der Waals surface area contributed by atoms with Gasteiger partial charge in [0.05, 0.1) is 17.6 Å². The molecular formula is C17H22N4O. The molecule has 1 aliphatic rings. The van der Waals surface area contributed by atoms with Crippen LogP contribution < -0.4 is 5.73 Å². The number of hydrogen-bond acceptors (Lipinski definition) is 4. The number of anilines is 1. The number of carbonyl (C=O) groups excluding carboxylic acids is 1. The van der Waals surface area contributed by atoms with Gasteiger partial charge in [-0.2, -0.15) is 0 Å². The van der Waals surface area contributed by atoms with Crippen molar-refractivity contribution in [1.82, 2.24) is 14.8 Å². The fourth-order valence-electron chi connectivity index (χ4n) is 2.86. The normalized spacial score (nSPS) is 16.1. The van der Waals surface area contributed by atoms with E-state index in [1.165, 1.54) is 0 Å². The van der Waals surface area contributed by atoms with E-state index in [9.17, 15) is 4.79 Å². The second-order valence-electron chi connectivity index (χ2n) is 5.75. The van der Waals surface area contributed by atoms with Gasteiger partial charge >= 0.3 is 0 Å². The van der Waals surface area contributed by atoms with Crippen molar-refractivity contribution in [2.75, 3.05) is 38.5 Å². The van der Waals surface area contributed by atoms with Crippen LogP contribution >= 0.6 is 0 Å². The van der Waals surface area contributed by atoms with Gasteiger partial charge in [0.2, 0.25) is 5.91 Å². The van der Waals surface area contributed by atoms with E-state index in [1.54, 1.807) is 0 Å². The van der Waals surface area contributed by atoms with Gasteiger partial charge in [-0.3, -0.25) is 9.78 Å². The Kier molecular flexibility index (Phi) is 4.24. The minimum atomic E-state index is 0.165. The third-order valence-electron chi connectivity index (χ3n) is 4.28. The standard InChI is InChI=1S/C17H22N4O/c1-2-20-7-9-21(10-8-20)17(22)12-15-5-3-13-11-14(18)4-6-16(13)19-15/h3-6,11H,2,7-10,12,18H2,1H3. The zero-order valence-corrected chi connectivity index (χ0v) is 13.0. The molecule has 1 aromatic carbocycles. The minimum Gasteiger partial charge on any atom is -0.399 e. The van der Waals surface area contributed by atoms with Gasteiger partial charge in [0, 0.05) is 37.3 Å². The molecule has 1 saturated heterocycles. The molecule has 0 atom stereocenters. The van der Waals surface area contributed by atoms with Crippen molar-refractivity contribution in [2.45, 2.75) is 13.3 Å². The van der Waals surface area contributed by atoms with Gasteiger partial charge in [0.15, 0.2) is 0 Å². The molecule has 1 aliphatic heterocycles. The largest absolute Gasteiger partial charge is 0.399 e. The monoisotopic (exact) mass is 298 g/mol. The molecule has 0 bridgehead atoms. The van der Waals surface area contributed by atoms with Crippen LogP contribution in [0, 0.1) is 0 Å². The lowest BCUT2D eigenvalue weighted by atomic mass is 10.1. The molecule has 0 spiro atoms. The van der Waals surface area contributed by atoms with E-state index in [0.717, 1.165) is 55.0 Å². The second-order valence-corrected chi connectivity index (χ2v) is 5.75. The van der Waals surface area contributed by atoms with Crippen LogP contribution in [0.3, 0.4) is 0 Å². The van der Waals surface area contributed by atoms with E-state index < -0.39 is 0 Å². The fourth-order valence-corrected chi connectivity index (χ4v) is 2.86. The highest BCUT2D eigenvalue weighted by molar-refractivity contribution is 5.83. The summed E-state index contributed by atoms with van der Waals surface area (Å²) in [6, 6.07) is 9.54. The maximum Gasteiger partial charge on any atom is 0.228 e. The highest BCUT2D eigenvalue weighted by Crippen LogP contribution is 2.16. The van der Waals surface area contributed by atoms with Crippen molar-refractivity contribution < 1.29 is 4.79 Å². The third kappa shape index (κ3) is 3.20. The second kappa shape index (κ2) is 6.32. The topological polar surface area (TPSA) is 62.5 Å². The first-order chi connectivity index (χ1) is 10.7. The van der Waals surface area contributed by atoms with Crippen molar-refractivity contribution in [1.29, 1.82) is 0 Å². The molecule has 22 heavy (non-hydrogen) atoms. The Morgan fingerprint density at radius 1 is 1.18 bits per heavy atom. The van der Waals surface area contributed by atoms with Crippen LogP contribution in [0.2, 0.25) is 0 Å². The smallest absolute Gasteiger partial charge is 0.228 e. The zero-order valence-electron chi connectivity index (χ0n) is 13.0. The number of fused-ring (bicyclic) bond motifs is 1. The number of piperazine rings is 1. The first kappa shape index (κ1) is 14.8. The third-order valence-corrected chi connectivity index (χ3v) is 4.28. The number of nitrogen functional groups attached to an aromatic ring is 1. The lowest BCUT2D eigenvalue weighted by Crippen LogP contribution is -2.48. The quantitative estimate of drug-likeness (QED) is 0.873. The van der Waals surface area contributed by atoms with Crippen LogP contribution in [0.25, 0.3) is 10.9 Å². The van der Waals surface area contributed by atoms with Gasteiger partial charge in [-0.25, -0.2) is 0 Å². The first-order valence-corrected chi connectivity index (χ1v) is 7.81. The SMILES string of the molecule is CCN1CCN(C(=O)Cc2ccc3cc(N)ccc3n2)CC1. The molecule has 5 heteroatoms. The Morgan fingerprint density at radius 3 is 2.68 bits per heavy atom. The van der Waals surface area contributed by atoms with Gasteiger partial charge in [-0.1, -0.05) is 13.0 Å². The number of aromatic nitrogens is 1. The average molecular weight is 298 g/mol. The number of pyridine rings is 1. The molecule has 2 aromatic rings. The highest BCUT2D eigenvalue weighted by Gasteiger charge is 2.20. The fraction of sp³-hybridized carbons (Fsp3) is 0.412. The van der Waals surface area contributed by atoms with Crippen LogP contribution in [-0.2, 0) is 11.2 Å². The number of nitrogens with zero attached hydrogens (tertiary/aromatic N) is 3. The van der Waals surface area contributed by atoms with E-state index in [-0.39, 0.29) is 5.91 Å². The number of amides is 1. The van der Waals surface area contributed by atoms with Crippen molar-refractivity contribution in [3.05, 3.63) is 36.0 Å². The van der Waals surface area contributed by atoms with E-state index >= 15 is 0 Å². The first-order valence-electron chi connectivity index (χ1n) is 7.81. The zero-order chi connectivity index (χ0) is 15.5. The van der Waals surface area contributed by atoms with Crippen molar-refractivity contribution in [3.8, 4) is 0 Å². The van der Waals surface area contributed by atoms with E-state index in [1.807, 2.05) is 35.2 Å². The summed E-state index contributed by atoms with van der Waals surface area (Å²) < 4.78 is 0. The van der Waals surface area contributed by atoms with Gasteiger partial charge in [-0.15, -0.1) is 0 Å². The Bertz CT molecular complexity index is 677. The number of likely N-dealkylation sites (N-methyl/N-ethyl adjacent to an activating group) is 1. The predicted molar refractivity (Wildman–Crippen MR) is 88.6 cm³/mol. The Balaban J connectivity index is 1.68. The summed E-state index contributed by atoms with van der Waals surface area (Å²) in [5.74, 6) is 0.165. The number of rotatable bonds is 3. The number of hydrogen-bond donors (Lipinski definition) is 1. The molecule has 0 unspecified atom stereocenters. The molecule has 5 nitrogen and oxygen atoms in total. The van der Waals surface area contributed by atoms with E-state index in [0.29, 0.717) is 6.42 Å². The number of nitrogens with two attached hydrogens (primary N) is 1. The molecule has 0 saturated carbocycles. The van der Waals surface area contributed by atoms with Crippen LogP contribution in [0.15, 0.2) is 30.3 Å². The highest BCUT2D eigenvalue weighted by atomic mass is 16.2. The maximum absolute atomic E-state index is 12.4. The maximum atomic E-state index is 12.4. The molecule has 1 aromatic heterocycles.